The lowest BCUT2D eigenvalue weighted by Gasteiger charge is -2.12. The number of halogens is 1. The van der Waals surface area contributed by atoms with Gasteiger partial charge in [-0.25, -0.2) is 0 Å². The van der Waals surface area contributed by atoms with E-state index >= 15 is 0 Å². The van der Waals surface area contributed by atoms with E-state index in [2.05, 4.69) is 26.8 Å². The van der Waals surface area contributed by atoms with E-state index in [9.17, 15) is 0 Å². The minimum absolute atomic E-state index is 0.124. The Morgan fingerprint density at radius 1 is 1.47 bits per heavy atom. The fourth-order valence-electron chi connectivity index (χ4n) is 1.18. The summed E-state index contributed by atoms with van der Waals surface area (Å²) >= 11 is 5.79. The number of aromatic nitrogens is 3. The second kappa shape index (κ2) is 7.06. The third kappa shape index (κ3) is 4.99. The molecule has 0 aliphatic heterocycles. The Morgan fingerprint density at radius 3 is 2.88 bits per heavy atom. The molecule has 0 fully saturated rings. The predicted octanol–water partition coefficient (Wildman–Crippen LogP) is 2.69. The summed E-state index contributed by atoms with van der Waals surface area (Å²) in [7, 11) is 0. The Balaban J connectivity index is 2.70. The van der Waals surface area contributed by atoms with Crippen LogP contribution in [0.25, 0.3) is 0 Å². The number of ether oxygens (including phenoxy) is 1. The summed E-state index contributed by atoms with van der Waals surface area (Å²) in [4.78, 5) is 12.0. The summed E-state index contributed by atoms with van der Waals surface area (Å²) in [6.45, 7) is 8.25. The van der Waals surface area contributed by atoms with E-state index in [0.29, 0.717) is 12.6 Å². The number of rotatable bonds is 7. The van der Waals surface area contributed by atoms with Crippen molar-refractivity contribution < 1.29 is 4.74 Å². The van der Waals surface area contributed by atoms with Gasteiger partial charge in [0.15, 0.2) is 0 Å². The van der Waals surface area contributed by atoms with Crippen molar-refractivity contribution in [2.24, 2.45) is 0 Å². The van der Waals surface area contributed by atoms with Crippen molar-refractivity contribution in [1.82, 2.24) is 15.0 Å². The molecular formula is C11H17ClN4O. The second-order valence-corrected chi connectivity index (χ2v) is 3.97. The molecule has 0 saturated carbocycles. The highest BCUT2D eigenvalue weighted by Crippen LogP contribution is 2.12. The van der Waals surface area contributed by atoms with E-state index in [1.807, 2.05) is 19.9 Å². The van der Waals surface area contributed by atoms with Gasteiger partial charge in [0.2, 0.25) is 11.2 Å². The molecule has 0 spiro atoms. The van der Waals surface area contributed by atoms with Crippen molar-refractivity contribution in [3.8, 4) is 6.01 Å². The molecule has 1 unspecified atom stereocenters. The molecule has 6 heteroatoms. The first-order valence-electron chi connectivity index (χ1n) is 5.57. The number of anilines is 1. The standard InChI is InChI=1S/C11H17ClN4O/c1-4-6-8(3)13-10-14-9(12)15-11(16-10)17-7-5-2/h4,8H,1,5-7H2,2-3H3,(H,13,14,15,16). The fraction of sp³-hybridized carbons (Fsp3) is 0.545. The summed E-state index contributed by atoms with van der Waals surface area (Å²) in [6, 6.07) is 0.435. The molecule has 0 aliphatic rings. The van der Waals surface area contributed by atoms with E-state index in [4.69, 9.17) is 16.3 Å². The maximum Gasteiger partial charge on any atom is 0.322 e. The van der Waals surface area contributed by atoms with Crippen LogP contribution in [0.15, 0.2) is 12.7 Å². The molecule has 0 amide bonds. The van der Waals surface area contributed by atoms with Gasteiger partial charge < -0.3 is 10.1 Å². The highest BCUT2D eigenvalue weighted by atomic mass is 35.5. The molecule has 1 aromatic heterocycles. The predicted molar refractivity (Wildman–Crippen MR) is 68.5 cm³/mol. The first-order chi connectivity index (χ1) is 8.15. The van der Waals surface area contributed by atoms with Gasteiger partial charge in [0, 0.05) is 6.04 Å². The first-order valence-corrected chi connectivity index (χ1v) is 5.95. The van der Waals surface area contributed by atoms with E-state index in [1.165, 1.54) is 0 Å². The largest absolute Gasteiger partial charge is 0.463 e. The molecule has 1 atom stereocenters. The minimum Gasteiger partial charge on any atom is -0.463 e. The average Bonchev–Trinajstić information content (AvgIpc) is 2.25. The van der Waals surface area contributed by atoms with E-state index < -0.39 is 0 Å². The molecule has 1 heterocycles. The SMILES string of the molecule is C=CCC(C)Nc1nc(Cl)nc(OCCC)n1. The molecule has 0 radical (unpaired) electrons. The van der Waals surface area contributed by atoms with Gasteiger partial charge in [0.1, 0.15) is 0 Å². The Bertz CT molecular complexity index is 372. The van der Waals surface area contributed by atoms with Gasteiger partial charge in [-0.15, -0.1) is 6.58 Å². The first kappa shape index (κ1) is 13.7. The third-order valence-electron chi connectivity index (χ3n) is 1.92. The van der Waals surface area contributed by atoms with Gasteiger partial charge in [-0.1, -0.05) is 13.0 Å². The Morgan fingerprint density at radius 2 is 2.24 bits per heavy atom. The molecule has 0 aromatic carbocycles. The molecule has 5 nitrogen and oxygen atoms in total. The molecule has 0 saturated heterocycles. The second-order valence-electron chi connectivity index (χ2n) is 3.63. The maximum absolute atomic E-state index is 5.79. The van der Waals surface area contributed by atoms with Crippen LogP contribution in [0.1, 0.15) is 26.7 Å². The lowest BCUT2D eigenvalue weighted by molar-refractivity contribution is 0.291. The van der Waals surface area contributed by atoms with Crippen LogP contribution in [0.5, 0.6) is 6.01 Å². The summed E-state index contributed by atoms with van der Waals surface area (Å²) in [5.41, 5.74) is 0. The van der Waals surface area contributed by atoms with Crippen LogP contribution < -0.4 is 10.1 Å². The lowest BCUT2D eigenvalue weighted by atomic mass is 10.2. The zero-order valence-corrected chi connectivity index (χ0v) is 10.9. The summed E-state index contributed by atoms with van der Waals surface area (Å²) in [6.07, 6.45) is 3.53. The van der Waals surface area contributed by atoms with Gasteiger partial charge in [-0.05, 0) is 31.4 Å². The van der Waals surface area contributed by atoms with E-state index in [0.717, 1.165) is 12.8 Å². The molecule has 17 heavy (non-hydrogen) atoms. The average molecular weight is 257 g/mol. The van der Waals surface area contributed by atoms with Gasteiger partial charge >= 0.3 is 6.01 Å². The van der Waals surface area contributed by atoms with Crippen molar-refractivity contribution in [3.63, 3.8) is 0 Å². The quantitative estimate of drug-likeness (QED) is 0.760. The Labute approximate surface area is 106 Å². The van der Waals surface area contributed by atoms with Crippen LogP contribution in [0.3, 0.4) is 0 Å². The van der Waals surface area contributed by atoms with Crippen LogP contribution in [0.2, 0.25) is 5.28 Å². The van der Waals surface area contributed by atoms with Crippen LogP contribution in [0, 0.1) is 0 Å². The van der Waals surface area contributed by atoms with Crippen molar-refractivity contribution in [2.45, 2.75) is 32.7 Å². The molecular weight excluding hydrogens is 240 g/mol. The topological polar surface area (TPSA) is 59.9 Å². The molecule has 1 N–H and O–H groups in total. The highest BCUT2D eigenvalue weighted by molar-refractivity contribution is 6.28. The number of hydrogen-bond donors (Lipinski definition) is 1. The zero-order chi connectivity index (χ0) is 12.7. The summed E-state index contributed by atoms with van der Waals surface area (Å²) in [5.74, 6) is 0.422. The summed E-state index contributed by atoms with van der Waals surface area (Å²) in [5, 5.41) is 3.23. The summed E-state index contributed by atoms with van der Waals surface area (Å²) < 4.78 is 5.31. The van der Waals surface area contributed by atoms with Crippen LogP contribution in [0.4, 0.5) is 5.95 Å². The van der Waals surface area contributed by atoms with Crippen molar-refractivity contribution in [2.75, 3.05) is 11.9 Å². The van der Waals surface area contributed by atoms with Gasteiger partial charge in [-0.2, -0.15) is 15.0 Å². The number of nitrogens with one attached hydrogen (secondary N) is 1. The van der Waals surface area contributed by atoms with Crippen molar-refractivity contribution in [3.05, 3.63) is 17.9 Å². The monoisotopic (exact) mass is 256 g/mol. The fourth-order valence-corrected chi connectivity index (χ4v) is 1.34. The normalized spacial score (nSPS) is 11.9. The van der Waals surface area contributed by atoms with Gasteiger partial charge in [-0.3, -0.25) is 0 Å². The van der Waals surface area contributed by atoms with Gasteiger partial charge in [0.25, 0.3) is 0 Å². The molecule has 1 rings (SSSR count). The van der Waals surface area contributed by atoms with Crippen molar-refractivity contribution >= 4 is 17.5 Å². The number of nitrogens with zero attached hydrogens (tertiary/aromatic N) is 3. The van der Waals surface area contributed by atoms with Crippen molar-refractivity contribution in [1.29, 1.82) is 0 Å². The van der Waals surface area contributed by atoms with E-state index in [-0.39, 0.29) is 17.3 Å². The Hall–Kier alpha value is -1.36. The smallest absolute Gasteiger partial charge is 0.322 e. The highest BCUT2D eigenvalue weighted by Gasteiger charge is 2.08. The minimum atomic E-state index is 0.124. The van der Waals surface area contributed by atoms with Crippen LogP contribution >= 0.6 is 11.6 Å². The van der Waals surface area contributed by atoms with Crippen LogP contribution in [-0.2, 0) is 0 Å². The molecule has 0 bridgehead atoms. The maximum atomic E-state index is 5.79. The van der Waals surface area contributed by atoms with Crippen LogP contribution in [-0.4, -0.2) is 27.6 Å². The Kier molecular flexibility index (Phi) is 5.69. The number of hydrogen-bond acceptors (Lipinski definition) is 5. The molecule has 1 aromatic rings. The zero-order valence-electron chi connectivity index (χ0n) is 10.1. The molecule has 94 valence electrons. The molecule has 0 aliphatic carbocycles. The van der Waals surface area contributed by atoms with E-state index in [1.54, 1.807) is 0 Å². The van der Waals surface area contributed by atoms with Gasteiger partial charge in [0.05, 0.1) is 6.61 Å². The third-order valence-corrected chi connectivity index (χ3v) is 2.09. The lowest BCUT2D eigenvalue weighted by Crippen LogP contribution is -2.17.